The lowest BCUT2D eigenvalue weighted by Gasteiger charge is -2.26. The van der Waals surface area contributed by atoms with E-state index in [0.717, 1.165) is 38.9 Å². The Morgan fingerprint density at radius 1 is 1.40 bits per heavy atom. The molecule has 1 rings (SSSR count). The first-order chi connectivity index (χ1) is 7.18. The lowest BCUT2D eigenvalue weighted by molar-refractivity contribution is -0.137. The molecule has 0 radical (unpaired) electrons. The molecule has 0 saturated carbocycles. The van der Waals surface area contributed by atoms with Crippen LogP contribution in [-0.2, 0) is 9.59 Å². The number of rotatable bonds is 6. The maximum Gasteiger partial charge on any atom is 0.303 e. The molecular formula is C10H18N2O3. The van der Waals surface area contributed by atoms with E-state index in [1.54, 1.807) is 0 Å². The van der Waals surface area contributed by atoms with E-state index in [9.17, 15) is 9.59 Å². The van der Waals surface area contributed by atoms with Crippen LogP contribution in [0.5, 0.6) is 0 Å². The highest BCUT2D eigenvalue weighted by Crippen LogP contribution is 2.03. The van der Waals surface area contributed by atoms with Crippen molar-refractivity contribution in [3.63, 3.8) is 0 Å². The van der Waals surface area contributed by atoms with Crippen molar-refractivity contribution in [3.05, 3.63) is 0 Å². The van der Waals surface area contributed by atoms with E-state index in [4.69, 9.17) is 5.11 Å². The minimum atomic E-state index is -0.729. The Labute approximate surface area is 89.4 Å². The normalized spacial score (nSPS) is 17.5. The van der Waals surface area contributed by atoms with Gasteiger partial charge in [0.15, 0.2) is 0 Å². The number of carbonyl (C=O) groups is 2. The van der Waals surface area contributed by atoms with Crippen LogP contribution in [0.2, 0.25) is 0 Å². The number of nitrogens with zero attached hydrogens (tertiary/aromatic N) is 1. The van der Waals surface area contributed by atoms with Crippen LogP contribution in [0.4, 0.5) is 0 Å². The summed E-state index contributed by atoms with van der Waals surface area (Å²) in [6, 6.07) is 0. The van der Waals surface area contributed by atoms with Crippen LogP contribution >= 0.6 is 0 Å². The standard InChI is InChI=1S/C10H18N2O3/c13-9-8-12(7-5-11-9)6-3-1-2-4-10(14)15/h1-8H2,(H,11,13)(H,14,15). The van der Waals surface area contributed by atoms with E-state index in [2.05, 4.69) is 10.2 Å². The number of amides is 1. The number of aliphatic carboxylic acids is 1. The van der Waals surface area contributed by atoms with Gasteiger partial charge in [-0.15, -0.1) is 0 Å². The average molecular weight is 214 g/mol. The molecule has 5 heteroatoms. The number of carboxylic acids is 1. The molecule has 1 aliphatic rings. The number of hydrogen-bond acceptors (Lipinski definition) is 3. The quantitative estimate of drug-likeness (QED) is 0.614. The maximum atomic E-state index is 11.0. The van der Waals surface area contributed by atoms with Crippen LogP contribution in [0.25, 0.3) is 0 Å². The van der Waals surface area contributed by atoms with Crippen molar-refractivity contribution in [3.8, 4) is 0 Å². The molecule has 5 nitrogen and oxygen atoms in total. The molecular weight excluding hydrogens is 196 g/mol. The molecule has 86 valence electrons. The smallest absolute Gasteiger partial charge is 0.303 e. The van der Waals surface area contributed by atoms with Crippen LogP contribution < -0.4 is 5.32 Å². The maximum absolute atomic E-state index is 11.0. The SMILES string of the molecule is O=C(O)CCCCCN1CCNC(=O)C1. The lowest BCUT2D eigenvalue weighted by atomic mass is 10.2. The van der Waals surface area contributed by atoms with Crippen molar-refractivity contribution < 1.29 is 14.7 Å². The molecule has 0 unspecified atom stereocenters. The highest BCUT2D eigenvalue weighted by molar-refractivity contribution is 5.78. The largest absolute Gasteiger partial charge is 0.481 e. The van der Waals surface area contributed by atoms with Gasteiger partial charge in [0, 0.05) is 19.5 Å². The summed E-state index contributed by atoms with van der Waals surface area (Å²) in [5.74, 6) is -0.640. The van der Waals surface area contributed by atoms with E-state index < -0.39 is 5.97 Å². The molecule has 0 bridgehead atoms. The number of carboxylic acid groups (broad SMARTS) is 1. The summed E-state index contributed by atoms with van der Waals surface area (Å²) < 4.78 is 0. The monoisotopic (exact) mass is 214 g/mol. The minimum Gasteiger partial charge on any atom is -0.481 e. The average Bonchev–Trinajstić information content (AvgIpc) is 2.17. The zero-order chi connectivity index (χ0) is 11.1. The number of carbonyl (C=O) groups excluding carboxylic acids is 1. The number of piperazine rings is 1. The third kappa shape index (κ3) is 5.37. The zero-order valence-corrected chi connectivity index (χ0v) is 8.87. The summed E-state index contributed by atoms with van der Waals surface area (Å²) in [5.41, 5.74) is 0. The van der Waals surface area contributed by atoms with Gasteiger partial charge in [-0.3, -0.25) is 14.5 Å². The Hall–Kier alpha value is -1.10. The summed E-state index contributed by atoms with van der Waals surface area (Å²) >= 11 is 0. The van der Waals surface area contributed by atoms with Crippen LogP contribution in [0.15, 0.2) is 0 Å². The molecule has 1 amide bonds. The van der Waals surface area contributed by atoms with E-state index in [1.807, 2.05) is 0 Å². The molecule has 1 saturated heterocycles. The zero-order valence-electron chi connectivity index (χ0n) is 8.87. The third-order valence-corrected chi connectivity index (χ3v) is 2.48. The van der Waals surface area contributed by atoms with Crippen molar-refractivity contribution in [1.29, 1.82) is 0 Å². The van der Waals surface area contributed by atoms with Crippen LogP contribution in [0.1, 0.15) is 25.7 Å². The van der Waals surface area contributed by atoms with Gasteiger partial charge in [-0.05, 0) is 19.4 Å². The predicted molar refractivity (Wildman–Crippen MR) is 55.6 cm³/mol. The second-order valence-corrected chi connectivity index (χ2v) is 3.83. The first-order valence-electron chi connectivity index (χ1n) is 5.39. The summed E-state index contributed by atoms with van der Waals surface area (Å²) in [7, 11) is 0. The number of nitrogens with one attached hydrogen (secondary N) is 1. The molecule has 15 heavy (non-hydrogen) atoms. The molecule has 1 fully saturated rings. The molecule has 0 aromatic carbocycles. The van der Waals surface area contributed by atoms with Crippen LogP contribution in [-0.4, -0.2) is 48.1 Å². The van der Waals surface area contributed by atoms with Crippen molar-refractivity contribution in [2.45, 2.75) is 25.7 Å². The Morgan fingerprint density at radius 2 is 2.20 bits per heavy atom. The highest BCUT2D eigenvalue weighted by atomic mass is 16.4. The summed E-state index contributed by atoms with van der Waals surface area (Å²) in [6.07, 6.45) is 2.88. The Balaban J connectivity index is 1.99. The number of hydrogen-bond donors (Lipinski definition) is 2. The second-order valence-electron chi connectivity index (χ2n) is 3.83. The van der Waals surface area contributed by atoms with E-state index in [-0.39, 0.29) is 12.3 Å². The van der Waals surface area contributed by atoms with Gasteiger partial charge in [0.1, 0.15) is 0 Å². The highest BCUT2D eigenvalue weighted by Gasteiger charge is 2.14. The fourth-order valence-electron chi connectivity index (χ4n) is 1.67. The van der Waals surface area contributed by atoms with Gasteiger partial charge >= 0.3 is 5.97 Å². The van der Waals surface area contributed by atoms with Crippen molar-refractivity contribution in [1.82, 2.24) is 10.2 Å². The van der Waals surface area contributed by atoms with Gasteiger partial charge in [0.25, 0.3) is 0 Å². The van der Waals surface area contributed by atoms with Crippen molar-refractivity contribution in [2.24, 2.45) is 0 Å². The fourth-order valence-corrected chi connectivity index (χ4v) is 1.67. The van der Waals surface area contributed by atoms with Gasteiger partial charge < -0.3 is 10.4 Å². The summed E-state index contributed by atoms with van der Waals surface area (Å²) in [6.45, 7) is 3.02. The van der Waals surface area contributed by atoms with Gasteiger partial charge in [-0.25, -0.2) is 0 Å². The molecule has 0 aromatic heterocycles. The Bertz CT molecular complexity index is 231. The van der Waals surface area contributed by atoms with Gasteiger partial charge in [-0.2, -0.15) is 0 Å². The van der Waals surface area contributed by atoms with Gasteiger partial charge in [-0.1, -0.05) is 6.42 Å². The van der Waals surface area contributed by atoms with Crippen molar-refractivity contribution >= 4 is 11.9 Å². The molecule has 0 aliphatic carbocycles. The van der Waals surface area contributed by atoms with Crippen LogP contribution in [0, 0.1) is 0 Å². The molecule has 0 spiro atoms. The minimum absolute atomic E-state index is 0.0896. The molecule has 2 N–H and O–H groups in total. The summed E-state index contributed by atoms with van der Waals surface area (Å²) in [5, 5.41) is 11.2. The van der Waals surface area contributed by atoms with Gasteiger partial charge in [0.2, 0.25) is 5.91 Å². The second kappa shape index (κ2) is 6.40. The first kappa shape index (κ1) is 12.0. The summed E-state index contributed by atoms with van der Waals surface area (Å²) in [4.78, 5) is 23.4. The van der Waals surface area contributed by atoms with Gasteiger partial charge in [0.05, 0.1) is 6.54 Å². The van der Waals surface area contributed by atoms with Crippen LogP contribution in [0.3, 0.4) is 0 Å². The first-order valence-corrected chi connectivity index (χ1v) is 5.39. The van der Waals surface area contributed by atoms with E-state index in [1.165, 1.54) is 0 Å². The number of unbranched alkanes of at least 4 members (excludes halogenated alkanes) is 2. The Kier molecular flexibility index (Phi) is 5.10. The Morgan fingerprint density at radius 3 is 2.87 bits per heavy atom. The predicted octanol–water partition coefficient (Wildman–Crippen LogP) is 0.0632. The van der Waals surface area contributed by atoms with E-state index in [0.29, 0.717) is 6.54 Å². The molecule has 0 aromatic rings. The lowest BCUT2D eigenvalue weighted by Crippen LogP contribution is -2.47. The third-order valence-electron chi connectivity index (χ3n) is 2.48. The van der Waals surface area contributed by atoms with E-state index >= 15 is 0 Å². The molecule has 1 aliphatic heterocycles. The fraction of sp³-hybridized carbons (Fsp3) is 0.800. The topological polar surface area (TPSA) is 69.6 Å². The molecule has 1 heterocycles. The van der Waals surface area contributed by atoms with Crippen molar-refractivity contribution in [2.75, 3.05) is 26.2 Å². The molecule has 0 atom stereocenters.